The number of aryl methyl sites for hydroxylation is 1. The fourth-order valence-electron chi connectivity index (χ4n) is 3.28. The maximum absolute atomic E-state index is 12.0. The Labute approximate surface area is 189 Å². The van der Waals surface area contributed by atoms with E-state index in [-0.39, 0.29) is 29.9 Å². The van der Waals surface area contributed by atoms with E-state index in [1.165, 1.54) is 18.4 Å². The summed E-state index contributed by atoms with van der Waals surface area (Å²) in [7, 11) is 1.70. The lowest BCUT2D eigenvalue weighted by Gasteiger charge is -2.13. The number of guanidine groups is 1. The lowest BCUT2D eigenvalue weighted by atomic mass is 10.1. The number of aliphatic imine (C=N–C) groups is 1. The number of rotatable bonds is 7. The van der Waals surface area contributed by atoms with Crippen LogP contribution in [-0.2, 0) is 11.3 Å². The van der Waals surface area contributed by atoms with Crippen molar-refractivity contribution >= 4 is 35.8 Å². The summed E-state index contributed by atoms with van der Waals surface area (Å²) >= 11 is 0. The summed E-state index contributed by atoms with van der Waals surface area (Å²) < 4.78 is 5.57. The highest BCUT2D eigenvalue weighted by atomic mass is 127. The van der Waals surface area contributed by atoms with Gasteiger partial charge in [0.2, 0.25) is 11.8 Å². The maximum Gasteiger partial charge on any atom is 0.226 e. The number of nitrogens with one attached hydrogen (secondary N) is 3. The largest absolute Gasteiger partial charge is 0.444 e. The van der Waals surface area contributed by atoms with Crippen LogP contribution in [0.1, 0.15) is 43.4 Å². The zero-order valence-corrected chi connectivity index (χ0v) is 19.4. The molecule has 0 radical (unpaired) electrons. The maximum atomic E-state index is 12.0. The molecule has 158 valence electrons. The molecule has 0 atom stereocenters. The van der Waals surface area contributed by atoms with Gasteiger partial charge in [-0.1, -0.05) is 30.5 Å². The van der Waals surface area contributed by atoms with Gasteiger partial charge in [0.05, 0.1) is 12.2 Å². The molecular weight excluding hydrogens is 481 g/mol. The molecule has 1 fully saturated rings. The van der Waals surface area contributed by atoms with Crippen LogP contribution in [-0.4, -0.2) is 36.5 Å². The lowest BCUT2D eigenvalue weighted by Crippen LogP contribution is -2.40. The molecule has 29 heavy (non-hydrogen) atoms. The van der Waals surface area contributed by atoms with E-state index in [0.717, 1.165) is 24.1 Å². The molecule has 1 aromatic carbocycles. The Morgan fingerprint density at radius 2 is 1.93 bits per heavy atom. The van der Waals surface area contributed by atoms with Crippen molar-refractivity contribution in [3.63, 3.8) is 0 Å². The predicted molar refractivity (Wildman–Crippen MR) is 125 cm³/mol. The molecule has 2 aromatic rings. The van der Waals surface area contributed by atoms with Crippen molar-refractivity contribution in [2.45, 2.75) is 51.6 Å². The van der Waals surface area contributed by atoms with Gasteiger partial charge in [0.1, 0.15) is 6.26 Å². The summed E-state index contributed by atoms with van der Waals surface area (Å²) in [5.41, 5.74) is 2.94. The normalized spacial score (nSPS) is 14.3. The smallest absolute Gasteiger partial charge is 0.226 e. The highest BCUT2D eigenvalue weighted by Crippen LogP contribution is 2.19. The third kappa shape index (κ3) is 7.34. The molecule has 0 saturated heterocycles. The van der Waals surface area contributed by atoms with Crippen molar-refractivity contribution < 1.29 is 9.21 Å². The van der Waals surface area contributed by atoms with Crippen LogP contribution in [0.2, 0.25) is 0 Å². The molecule has 1 heterocycles. The predicted octanol–water partition coefficient (Wildman–Crippen LogP) is 3.38. The van der Waals surface area contributed by atoms with Crippen molar-refractivity contribution in [2.75, 3.05) is 13.6 Å². The molecule has 0 bridgehead atoms. The van der Waals surface area contributed by atoms with Crippen LogP contribution in [0.25, 0.3) is 11.5 Å². The summed E-state index contributed by atoms with van der Waals surface area (Å²) in [6, 6.07) is 8.42. The molecule has 3 rings (SSSR count). The van der Waals surface area contributed by atoms with Gasteiger partial charge in [-0.2, -0.15) is 0 Å². The van der Waals surface area contributed by atoms with Gasteiger partial charge in [-0.05, 0) is 31.9 Å². The van der Waals surface area contributed by atoms with E-state index in [2.05, 4.69) is 25.9 Å². The average molecular weight is 511 g/mol. The van der Waals surface area contributed by atoms with Gasteiger partial charge in [0, 0.05) is 31.6 Å². The first kappa shape index (κ1) is 23.2. The summed E-state index contributed by atoms with van der Waals surface area (Å²) in [5.74, 6) is 1.32. The minimum absolute atomic E-state index is 0. The third-order valence-electron chi connectivity index (χ3n) is 4.88. The Balaban J connectivity index is 0.00000300. The molecule has 0 unspecified atom stereocenters. The SMILES string of the molecule is CN=C(NCCC(=O)NC1CCCC1)NCc1coc(-c2ccc(C)cc2)n1.I. The zero-order valence-electron chi connectivity index (χ0n) is 17.0. The second-order valence-electron chi connectivity index (χ2n) is 7.16. The summed E-state index contributed by atoms with van der Waals surface area (Å²) in [6.45, 7) is 3.07. The average Bonchev–Trinajstić information content (AvgIpc) is 3.37. The molecule has 8 heteroatoms. The van der Waals surface area contributed by atoms with Crippen LogP contribution in [0.3, 0.4) is 0 Å². The number of aromatic nitrogens is 1. The summed E-state index contributed by atoms with van der Waals surface area (Å²) in [4.78, 5) is 20.7. The summed E-state index contributed by atoms with van der Waals surface area (Å²) in [6.07, 6.45) is 6.71. The van der Waals surface area contributed by atoms with E-state index >= 15 is 0 Å². The Morgan fingerprint density at radius 3 is 2.62 bits per heavy atom. The van der Waals surface area contributed by atoms with Gasteiger partial charge in [0.25, 0.3) is 0 Å². The van der Waals surface area contributed by atoms with Crippen LogP contribution >= 0.6 is 24.0 Å². The van der Waals surface area contributed by atoms with Crippen molar-refractivity contribution in [1.82, 2.24) is 20.9 Å². The number of carbonyl (C=O) groups is 1. The van der Waals surface area contributed by atoms with Crippen molar-refractivity contribution in [3.05, 3.63) is 41.8 Å². The van der Waals surface area contributed by atoms with Gasteiger partial charge in [0.15, 0.2) is 5.96 Å². The molecule has 1 aliphatic carbocycles. The van der Waals surface area contributed by atoms with Crippen LogP contribution in [0.5, 0.6) is 0 Å². The second kappa shape index (κ2) is 11.8. The van der Waals surface area contributed by atoms with E-state index in [1.807, 2.05) is 31.2 Å². The first-order valence-electron chi connectivity index (χ1n) is 9.89. The molecular formula is C21H30IN5O2. The van der Waals surface area contributed by atoms with Crippen LogP contribution in [0.4, 0.5) is 0 Å². The number of carbonyl (C=O) groups excluding carboxylic acids is 1. The Hall–Kier alpha value is -2.10. The van der Waals surface area contributed by atoms with Gasteiger partial charge < -0.3 is 20.4 Å². The fraction of sp³-hybridized carbons (Fsp3) is 0.476. The minimum atomic E-state index is 0. The first-order chi connectivity index (χ1) is 13.6. The molecule has 1 aromatic heterocycles. The third-order valence-corrected chi connectivity index (χ3v) is 4.88. The lowest BCUT2D eigenvalue weighted by molar-refractivity contribution is -0.121. The number of oxazole rings is 1. The molecule has 0 aliphatic heterocycles. The number of amides is 1. The molecule has 1 aliphatic rings. The monoisotopic (exact) mass is 511 g/mol. The Bertz CT molecular complexity index is 798. The molecule has 0 spiro atoms. The molecule has 3 N–H and O–H groups in total. The van der Waals surface area contributed by atoms with Gasteiger partial charge in [-0.15, -0.1) is 24.0 Å². The van der Waals surface area contributed by atoms with E-state index in [9.17, 15) is 4.79 Å². The number of benzene rings is 1. The number of nitrogens with zero attached hydrogens (tertiary/aromatic N) is 2. The molecule has 7 nitrogen and oxygen atoms in total. The minimum Gasteiger partial charge on any atom is -0.444 e. The fourth-order valence-corrected chi connectivity index (χ4v) is 3.28. The quantitative estimate of drug-likeness (QED) is 0.301. The van der Waals surface area contributed by atoms with Crippen LogP contribution < -0.4 is 16.0 Å². The highest BCUT2D eigenvalue weighted by molar-refractivity contribution is 14.0. The van der Waals surface area contributed by atoms with Crippen molar-refractivity contribution in [2.24, 2.45) is 4.99 Å². The van der Waals surface area contributed by atoms with E-state index in [1.54, 1.807) is 13.3 Å². The van der Waals surface area contributed by atoms with E-state index in [0.29, 0.717) is 37.4 Å². The summed E-state index contributed by atoms with van der Waals surface area (Å²) in [5, 5.41) is 9.44. The first-order valence-corrected chi connectivity index (χ1v) is 9.89. The van der Waals surface area contributed by atoms with Crippen molar-refractivity contribution in [1.29, 1.82) is 0 Å². The topological polar surface area (TPSA) is 91.5 Å². The standard InChI is InChI=1S/C21H29N5O2.HI/c1-15-7-9-16(10-8-15)20-26-18(14-28-20)13-24-21(22-2)23-12-11-19(27)25-17-5-3-4-6-17;/h7-10,14,17H,3-6,11-13H2,1-2H3,(H,25,27)(H2,22,23,24);1H. The van der Waals surface area contributed by atoms with Crippen LogP contribution in [0.15, 0.2) is 39.9 Å². The van der Waals surface area contributed by atoms with E-state index < -0.39 is 0 Å². The van der Waals surface area contributed by atoms with E-state index in [4.69, 9.17) is 4.42 Å². The number of halogens is 1. The molecule has 1 saturated carbocycles. The van der Waals surface area contributed by atoms with Gasteiger partial charge >= 0.3 is 0 Å². The molecule has 1 amide bonds. The highest BCUT2D eigenvalue weighted by Gasteiger charge is 2.16. The van der Waals surface area contributed by atoms with Crippen molar-refractivity contribution in [3.8, 4) is 11.5 Å². The van der Waals surface area contributed by atoms with Gasteiger partial charge in [-0.3, -0.25) is 9.79 Å². The Morgan fingerprint density at radius 1 is 1.21 bits per heavy atom. The Kier molecular flexibility index (Phi) is 9.43. The van der Waals surface area contributed by atoms with Gasteiger partial charge in [-0.25, -0.2) is 4.98 Å². The second-order valence-corrected chi connectivity index (χ2v) is 7.16. The van der Waals surface area contributed by atoms with Crippen LogP contribution in [0, 0.1) is 6.92 Å². The number of hydrogen-bond acceptors (Lipinski definition) is 4. The number of hydrogen-bond donors (Lipinski definition) is 3. The zero-order chi connectivity index (χ0) is 19.8.